The van der Waals surface area contributed by atoms with Gasteiger partial charge in [0, 0.05) is 24.9 Å². The van der Waals surface area contributed by atoms with Crippen LogP contribution in [0.1, 0.15) is 84.1 Å². The summed E-state index contributed by atoms with van der Waals surface area (Å²) in [7, 11) is 2.13. The summed E-state index contributed by atoms with van der Waals surface area (Å²) in [5.74, 6) is -0.916. The molecule has 2 aromatic rings. The molecule has 10 heteroatoms. The molecule has 4 heterocycles. The number of amides is 1. The summed E-state index contributed by atoms with van der Waals surface area (Å²) >= 11 is 0. The van der Waals surface area contributed by atoms with Gasteiger partial charge in [0.05, 0.1) is 30.0 Å². The smallest absolute Gasteiger partial charge is 0.326 e. The first kappa shape index (κ1) is 32.5. The van der Waals surface area contributed by atoms with E-state index in [-0.39, 0.29) is 43.5 Å². The predicted octanol–water partition coefficient (Wildman–Crippen LogP) is 5.24. The number of likely N-dealkylation sites (tertiary alicyclic amines) is 1. The third kappa shape index (κ3) is 7.27. The van der Waals surface area contributed by atoms with Crippen molar-refractivity contribution in [3.05, 3.63) is 29.8 Å². The number of carbonyl (C=O) groups is 3. The summed E-state index contributed by atoms with van der Waals surface area (Å²) in [6.07, 6.45) is 6.85. The van der Waals surface area contributed by atoms with E-state index in [2.05, 4.69) is 18.0 Å². The van der Waals surface area contributed by atoms with Crippen molar-refractivity contribution in [2.75, 3.05) is 26.7 Å². The third-order valence-electron chi connectivity index (χ3n) is 10.3. The highest BCUT2D eigenvalue weighted by molar-refractivity contribution is 5.89. The summed E-state index contributed by atoms with van der Waals surface area (Å²) in [6.45, 7) is 7.77. The molecule has 1 N–H and O–H groups in total. The summed E-state index contributed by atoms with van der Waals surface area (Å²) in [5.41, 5.74) is 1.11. The highest BCUT2D eigenvalue weighted by Crippen LogP contribution is 2.42. The molecule has 1 aromatic heterocycles. The summed E-state index contributed by atoms with van der Waals surface area (Å²) in [6, 6.07) is 6.89. The van der Waals surface area contributed by atoms with E-state index in [1.54, 1.807) is 0 Å². The molecule has 250 valence electrons. The number of nitrogens with zero attached hydrogens (tertiary/aromatic N) is 3. The lowest BCUT2D eigenvalue weighted by Gasteiger charge is -2.34. The quantitative estimate of drug-likeness (QED) is 0.452. The lowest BCUT2D eigenvalue weighted by Crippen LogP contribution is -2.47. The Balaban J connectivity index is 1.36. The van der Waals surface area contributed by atoms with Crippen molar-refractivity contribution >= 4 is 28.7 Å². The van der Waals surface area contributed by atoms with Gasteiger partial charge in [0.15, 0.2) is 0 Å². The van der Waals surface area contributed by atoms with Crippen LogP contribution >= 0.6 is 0 Å². The van der Waals surface area contributed by atoms with Gasteiger partial charge >= 0.3 is 11.9 Å². The van der Waals surface area contributed by atoms with Gasteiger partial charge in [-0.15, -0.1) is 0 Å². The molecule has 3 fully saturated rings. The minimum absolute atomic E-state index is 0.0754. The van der Waals surface area contributed by atoms with Crippen LogP contribution in [-0.2, 0) is 25.5 Å². The maximum Gasteiger partial charge on any atom is 0.326 e. The second-order valence-corrected chi connectivity index (χ2v) is 14.9. The molecule has 0 unspecified atom stereocenters. The Bertz CT molecular complexity index is 1450. The second kappa shape index (κ2) is 13.4. The molecule has 0 spiro atoms. The number of piperidine rings is 1. The molecule has 2 saturated heterocycles. The Kier molecular flexibility index (Phi) is 9.46. The first-order chi connectivity index (χ1) is 22.0. The molecule has 6 rings (SSSR count). The van der Waals surface area contributed by atoms with E-state index >= 15 is 0 Å². The summed E-state index contributed by atoms with van der Waals surface area (Å²) in [4.78, 5) is 48.3. The fourth-order valence-electron chi connectivity index (χ4n) is 7.34. The van der Waals surface area contributed by atoms with Crippen LogP contribution in [0.5, 0.6) is 11.6 Å². The Morgan fingerprint density at radius 1 is 1.02 bits per heavy atom. The minimum atomic E-state index is -1.08. The van der Waals surface area contributed by atoms with Crippen molar-refractivity contribution in [3.8, 4) is 11.6 Å². The molecule has 1 saturated carbocycles. The van der Waals surface area contributed by atoms with Crippen LogP contribution in [0.15, 0.2) is 24.3 Å². The maximum absolute atomic E-state index is 14.1. The van der Waals surface area contributed by atoms with Crippen molar-refractivity contribution in [3.63, 3.8) is 0 Å². The molecule has 1 aliphatic carbocycles. The zero-order valence-electron chi connectivity index (χ0n) is 27.7. The molecular weight excluding hydrogens is 586 g/mol. The molecule has 10 nitrogen and oxygen atoms in total. The highest BCUT2D eigenvalue weighted by atomic mass is 16.5. The van der Waals surface area contributed by atoms with Gasteiger partial charge in [0.2, 0.25) is 11.8 Å². The van der Waals surface area contributed by atoms with Crippen molar-refractivity contribution in [2.24, 2.45) is 17.3 Å². The molecule has 5 atom stereocenters. The highest BCUT2D eigenvalue weighted by Gasteiger charge is 2.47. The van der Waals surface area contributed by atoms with Crippen LogP contribution in [0.3, 0.4) is 0 Å². The van der Waals surface area contributed by atoms with Crippen molar-refractivity contribution < 1.29 is 33.7 Å². The lowest BCUT2D eigenvalue weighted by molar-refractivity contribution is -0.156. The molecular formula is C36H49N3O7. The van der Waals surface area contributed by atoms with E-state index in [4.69, 9.17) is 19.2 Å². The predicted molar refractivity (Wildman–Crippen MR) is 173 cm³/mol. The average Bonchev–Trinajstić information content (AvgIpc) is 3.59. The Morgan fingerprint density at radius 2 is 1.78 bits per heavy atom. The van der Waals surface area contributed by atoms with Crippen LogP contribution in [0.25, 0.3) is 10.9 Å². The van der Waals surface area contributed by atoms with Gasteiger partial charge in [-0.05, 0) is 69.0 Å². The molecule has 1 aromatic carbocycles. The van der Waals surface area contributed by atoms with Gasteiger partial charge in [-0.25, -0.2) is 9.78 Å². The largest absolute Gasteiger partial charge is 0.489 e. The number of esters is 1. The van der Waals surface area contributed by atoms with Crippen LogP contribution in [0, 0.1) is 17.3 Å². The van der Waals surface area contributed by atoms with Crippen LogP contribution in [0.4, 0.5) is 0 Å². The molecule has 4 aliphatic rings. The molecule has 46 heavy (non-hydrogen) atoms. The first-order valence-electron chi connectivity index (χ1n) is 17.1. The zero-order valence-corrected chi connectivity index (χ0v) is 27.7. The van der Waals surface area contributed by atoms with Gasteiger partial charge in [-0.2, -0.15) is 0 Å². The van der Waals surface area contributed by atoms with Crippen LogP contribution in [0.2, 0.25) is 0 Å². The summed E-state index contributed by atoms with van der Waals surface area (Å²) in [5, 5.41) is 11.2. The topological polar surface area (TPSA) is 118 Å². The van der Waals surface area contributed by atoms with E-state index in [1.165, 1.54) is 4.90 Å². The second-order valence-electron chi connectivity index (χ2n) is 14.9. The number of aromatic nitrogens is 1. The lowest BCUT2D eigenvalue weighted by atomic mass is 9.77. The fraction of sp³-hybridized carbons (Fsp3) is 0.667. The Labute approximate surface area is 271 Å². The minimum Gasteiger partial charge on any atom is -0.489 e. The van der Waals surface area contributed by atoms with Gasteiger partial charge in [-0.1, -0.05) is 45.7 Å². The van der Waals surface area contributed by atoms with Crippen molar-refractivity contribution in [2.45, 2.75) is 109 Å². The molecule has 2 bridgehead atoms. The molecule has 1 amide bonds. The van der Waals surface area contributed by atoms with E-state index in [1.807, 2.05) is 39.0 Å². The monoisotopic (exact) mass is 635 g/mol. The third-order valence-corrected chi connectivity index (χ3v) is 10.3. The number of ether oxygens (including phenoxy) is 3. The molecule has 0 radical (unpaired) electrons. The fourth-order valence-corrected chi connectivity index (χ4v) is 7.34. The van der Waals surface area contributed by atoms with Gasteiger partial charge < -0.3 is 29.1 Å². The van der Waals surface area contributed by atoms with Crippen LogP contribution < -0.4 is 9.47 Å². The maximum atomic E-state index is 14.1. The number of fused-ring (bicyclic) bond motifs is 5. The van der Waals surface area contributed by atoms with Crippen LogP contribution in [-0.4, -0.2) is 88.8 Å². The van der Waals surface area contributed by atoms with Crippen molar-refractivity contribution in [1.29, 1.82) is 0 Å². The standard InChI is InChI=1S/C36H49N3O7/c1-36(2,3)27-20-31(40)46-30-18-22(30)10-6-5-7-12-26-32(44-23-14-16-38(4)17-15-23)25-11-8-9-13-28(25)37-33(26)45-24-19-29(35(42)43)39(21-24)34(27)41/h8-9,11,13,22-24,27,29-30H,5-7,10,12,14-21H2,1-4H3,(H,42,43)/t22-,24-,27-,29+,30-/m1/s1. The number of aliphatic carboxylic acids is 1. The number of pyridine rings is 1. The number of carboxylic acids is 1. The Hall–Kier alpha value is -3.40. The normalized spacial score (nSPS) is 28.8. The average molecular weight is 636 g/mol. The SMILES string of the molecule is CN1CCC(Oc2c3c(nc4ccccc24)O[C@@H]2C[C@@H](C(=O)O)N(C2)C(=O)[C@H](C(C)(C)C)CC(=O)O[C@@H]2C[C@H]2CCCCC3)CC1. The van der Waals surface area contributed by atoms with Crippen molar-refractivity contribution in [1.82, 2.24) is 14.8 Å². The van der Waals surface area contributed by atoms with Gasteiger partial charge in [0.25, 0.3) is 0 Å². The van der Waals surface area contributed by atoms with E-state index in [0.717, 1.165) is 80.3 Å². The number of carbonyl (C=O) groups excluding carboxylic acids is 2. The van der Waals surface area contributed by atoms with E-state index < -0.39 is 29.4 Å². The summed E-state index contributed by atoms with van der Waals surface area (Å²) < 4.78 is 19.3. The number of rotatable bonds is 3. The van der Waals surface area contributed by atoms with E-state index in [0.29, 0.717) is 18.2 Å². The molecule has 3 aliphatic heterocycles. The zero-order chi connectivity index (χ0) is 32.6. The van der Waals surface area contributed by atoms with Gasteiger partial charge in [0.1, 0.15) is 30.1 Å². The number of hydrogen-bond donors (Lipinski definition) is 1. The van der Waals surface area contributed by atoms with Gasteiger partial charge in [-0.3, -0.25) is 9.59 Å². The van der Waals surface area contributed by atoms with E-state index in [9.17, 15) is 19.5 Å². The Morgan fingerprint density at radius 3 is 2.52 bits per heavy atom. The number of benzene rings is 1. The number of para-hydroxylation sites is 1. The number of hydrogen-bond acceptors (Lipinski definition) is 8. The number of carboxylic acid groups (broad SMARTS) is 1. The first-order valence-corrected chi connectivity index (χ1v) is 17.1.